The summed E-state index contributed by atoms with van der Waals surface area (Å²) in [4.78, 5) is 2.42. The number of furan rings is 1. The molecule has 4 heteroatoms. The van der Waals surface area contributed by atoms with Crippen molar-refractivity contribution in [3.63, 3.8) is 0 Å². The van der Waals surface area contributed by atoms with Crippen LogP contribution >= 0.6 is 0 Å². The maximum absolute atomic E-state index is 6.75. The molecule has 0 atom stereocenters. The van der Waals surface area contributed by atoms with Gasteiger partial charge in [-0.3, -0.25) is 0 Å². The van der Waals surface area contributed by atoms with Gasteiger partial charge < -0.3 is 18.6 Å². The highest BCUT2D eigenvalue weighted by molar-refractivity contribution is 6.15. The summed E-state index contributed by atoms with van der Waals surface area (Å²) in [6.45, 7) is 0. The molecule has 2 aliphatic rings. The molecule has 0 saturated carbocycles. The number of nitrogens with zero attached hydrogens (tertiary/aromatic N) is 2. The number of aromatic nitrogens is 1. The van der Waals surface area contributed by atoms with Crippen molar-refractivity contribution in [2.45, 2.75) is 5.41 Å². The molecule has 1 aliphatic heterocycles. The average Bonchev–Trinajstić information content (AvgIpc) is 3.89. The Morgan fingerprint density at radius 1 is 0.381 bits per heavy atom. The Morgan fingerprint density at radius 3 is 1.86 bits per heavy atom. The second-order valence-corrected chi connectivity index (χ2v) is 16.8. The number of para-hydroxylation sites is 5. The third-order valence-electron chi connectivity index (χ3n) is 13.6. The second kappa shape index (κ2) is 12.8. The quantitative estimate of drug-likeness (QED) is 0.178. The van der Waals surface area contributed by atoms with E-state index in [1.807, 2.05) is 6.07 Å². The van der Waals surface area contributed by atoms with Gasteiger partial charge in [-0.2, -0.15) is 0 Å². The van der Waals surface area contributed by atoms with E-state index >= 15 is 0 Å². The molecule has 0 amide bonds. The van der Waals surface area contributed by atoms with Gasteiger partial charge in [0.15, 0.2) is 0 Å². The van der Waals surface area contributed by atoms with Crippen LogP contribution in [0.15, 0.2) is 223 Å². The molecule has 2 aromatic heterocycles. The Hall–Kier alpha value is -8.34. The Morgan fingerprint density at radius 2 is 1.02 bits per heavy atom. The molecule has 12 aromatic rings. The number of fused-ring (bicyclic) bond motifs is 14. The fourth-order valence-corrected chi connectivity index (χ4v) is 11.1. The molecule has 0 radical (unpaired) electrons. The minimum absolute atomic E-state index is 0.650. The predicted octanol–water partition coefficient (Wildman–Crippen LogP) is 15.8. The van der Waals surface area contributed by atoms with Crippen LogP contribution in [0.5, 0.6) is 11.5 Å². The van der Waals surface area contributed by atoms with E-state index in [2.05, 4.69) is 222 Å². The van der Waals surface area contributed by atoms with Crippen LogP contribution < -0.4 is 9.64 Å². The first-order valence-corrected chi connectivity index (χ1v) is 21.6. The van der Waals surface area contributed by atoms with Crippen LogP contribution in [0.25, 0.3) is 71.3 Å². The molecule has 0 saturated heterocycles. The first-order chi connectivity index (χ1) is 31.3. The molecule has 3 heterocycles. The lowest BCUT2D eigenvalue weighted by Gasteiger charge is -2.45. The molecule has 14 rings (SSSR count). The zero-order chi connectivity index (χ0) is 41.2. The number of hydrogen-bond donors (Lipinski definition) is 0. The van der Waals surface area contributed by atoms with E-state index in [0.717, 1.165) is 78.3 Å². The predicted molar refractivity (Wildman–Crippen MR) is 258 cm³/mol. The van der Waals surface area contributed by atoms with Crippen molar-refractivity contribution >= 4 is 71.6 Å². The maximum atomic E-state index is 6.75. The lowest BCUT2D eigenvalue weighted by molar-refractivity contribution is 0.435. The van der Waals surface area contributed by atoms with Gasteiger partial charge >= 0.3 is 0 Å². The summed E-state index contributed by atoms with van der Waals surface area (Å²) in [5, 5.41) is 7.11. The number of anilines is 3. The molecule has 0 bridgehead atoms. The fourth-order valence-electron chi connectivity index (χ4n) is 11.1. The van der Waals surface area contributed by atoms with E-state index in [1.54, 1.807) is 0 Å². The Balaban J connectivity index is 1.04. The summed E-state index contributed by atoms with van der Waals surface area (Å²) >= 11 is 0. The summed E-state index contributed by atoms with van der Waals surface area (Å²) in [5.74, 6) is 1.76. The molecular formula is C59H36N2O2. The highest BCUT2D eigenvalue weighted by atomic mass is 16.5. The van der Waals surface area contributed by atoms with Gasteiger partial charge in [-0.05, 0) is 112 Å². The lowest BCUT2D eigenvalue weighted by atomic mass is 9.58. The molecule has 294 valence electrons. The van der Waals surface area contributed by atoms with E-state index < -0.39 is 5.41 Å². The molecular weight excluding hydrogens is 769 g/mol. The topological polar surface area (TPSA) is 30.5 Å². The summed E-state index contributed by atoms with van der Waals surface area (Å²) in [7, 11) is 0. The van der Waals surface area contributed by atoms with Gasteiger partial charge in [-0.1, -0.05) is 140 Å². The summed E-state index contributed by atoms with van der Waals surface area (Å²) < 4.78 is 15.6. The van der Waals surface area contributed by atoms with Crippen LogP contribution in [0.1, 0.15) is 22.3 Å². The van der Waals surface area contributed by atoms with Gasteiger partial charge in [0.25, 0.3) is 0 Å². The maximum Gasteiger partial charge on any atom is 0.137 e. The molecule has 0 fully saturated rings. The van der Waals surface area contributed by atoms with E-state index in [1.165, 1.54) is 43.8 Å². The molecule has 63 heavy (non-hydrogen) atoms. The number of hydrogen-bond acceptors (Lipinski definition) is 3. The van der Waals surface area contributed by atoms with Crippen LogP contribution in [0.3, 0.4) is 0 Å². The van der Waals surface area contributed by atoms with E-state index in [-0.39, 0.29) is 0 Å². The van der Waals surface area contributed by atoms with Crippen molar-refractivity contribution in [1.82, 2.24) is 4.57 Å². The first-order valence-electron chi connectivity index (χ1n) is 21.6. The Bertz CT molecular complexity index is 3810. The van der Waals surface area contributed by atoms with Crippen molar-refractivity contribution in [2.75, 3.05) is 4.90 Å². The summed E-state index contributed by atoms with van der Waals surface area (Å²) in [6, 6.07) is 79.1. The van der Waals surface area contributed by atoms with Gasteiger partial charge in [-0.25, -0.2) is 0 Å². The third-order valence-corrected chi connectivity index (χ3v) is 13.6. The molecule has 0 N–H and O–H groups in total. The SMILES string of the molecule is c1ccc(N(c2ccc3c(c2)C2(c4ccccc4Oc4ccccc42)c2cccc4cccc-3c24)c2ccc3c(c2)c2ccccc2n3-c2cccc3oc4ccccc4c23)cc1. The van der Waals surface area contributed by atoms with Crippen molar-refractivity contribution in [1.29, 1.82) is 0 Å². The third kappa shape index (κ3) is 4.64. The molecule has 10 aromatic carbocycles. The molecule has 1 spiro atoms. The van der Waals surface area contributed by atoms with Crippen LogP contribution in [0.4, 0.5) is 17.1 Å². The number of ether oxygens (including phenoxy) is 1. The highest BCUT2D eigenvalue weighted by Crippen LogP contribution is 2.61. The van der Waals surface area contributed by atoms with Crippen LogP contribution in [0, 0.1) is 0 Å². The zero-order valence-corrected chi connectivity index (χ0v) is 34.0. The molecule has 1 aliphatic carbocycles. The van der Waals surface area contributed by atoms with Gasteiger partial charge in [0, 0.05) is 44.3 Å². The van der Waals surface area contributed by atoms with Gasteiger partial charge in [0.2, 0.25) is 0 Å². The standard InChI is InChI=1S/C59H36N2O2/c1-2-17-38(18-3-1)60(39-32-34-51-45(35-39)42-19-4-8-25-50(42)61(51)52-26-14-30-56-58(52)44-20-5-9-27-53(44)62-56)40-31-33-41-43-21-12-15-37-16-13-24-48(57(37)43)59(49(41)36-40)46-22-6-10-28-54(46)63-55-29-11-7-23-47(55)59/h1-36H. The van der Waals surface area contributed by atoms with E-state index in [4.69, 9.17) is 9.15 Å². The largest absolute Gasteiger partial charge is 0.457 e. The zero-order valence-electron chi connectivity index (χ0n) is 34.0. The van der Waals surface area contributed by atoms with Gasteiger partial charge in [-0.15, -0.1) is 0 Å². The van der Waals surface area contributed by atoms with Gasteiger partial charge in [0.05, 0.1) is 27.5 Å². The van der Waals surface area contributed by atoms with Crippen LogP contribution in [-0.2, 0) is 5.41 Å². The first kappa shape index (κ1) is 34.4. The van der Waals surface area contributed by atoms with Crippen LogP contribution in [0.2, 0.25) is 0 Å². The van der Waals surface area contributed by atoms with Gasteiger partial charge in [0.1, 0.15) is 22.7 Å². The van der Waals surface area contributed by atoms with Crippen LogP contribution in [-0.4, -0.2) is 4.57 Å². The van der Waals surface area contributed by atoms with Crippen molar-refractivity contribution in [3.8, 4) is 28.3 Å². The summed E-state index contributed by atoms with van der Waals surface area (Å²) in [6.07, 6.45) is 0. The minimum Gasteiger partial charge on any atom is -0.457 e. The Kier molecular flexibility index (Phi) is 7.01. The summed E-state index contributed by atoms with van der Waals surface area (Å²) in [5.41, 5.74) is 15.0. The van der Waals surface area contributed by atoms with E-state index in [9.17, 15) is 0 Å². The smallest absolute Gasteiger partial charge is 0.137 e. The Labute approximate surface area is 363 Å². The van der Waals surface area contributed by atoms with Crippen molar-refractivity contribution in [2.24, 2.45) is 0 Å². The monoisotopic (exact) mass is 804 g/mol. The number of rotatable bonds is 4. The molecule has 4 nitrogen and oxygen atoms in total. The normalized spacial score (nSPS) is 13.3. The average molecular weight is 805 g/mol. The molecule has 0 unspecified atom stereocenters. The van der Waals surface area contributed by atoms with Crippen molar-refractivity contribution in [3.05, 3.63) is 241 Å². The van der Waals surface area contributed by atoms with E-state index in [0.29, 0.717) is 0 Å². The van der Waals surface area contributed by atoms with Crippen molar-refractivity contribution < 1.29 is 9.15 Å². The highest BCUT2D eigenvalue weighted by Gasteiger charge is 2.49. The second-order valence-electron chi connectivity index (χ2n) is 16.8. The minimum atomic E-state index is -0.650. The number of benzene rings is 10. The lowest BCUT2D eigenvalue weighted by Crippen LogP contribution is -2.36. The fraction of sp³-hybridized carbons (Fsp3) is 0.0169.